The maximum absolute atomic E-state index is 15.4. The first-order valence-corrected chi connectivity index (χ1v) is 16.5. The SMILES string of the molecule is Cc1cc(Oc2ccccc2F)cc(F)c1-n1ncc(C(=O)C2=Cc3cc(OCC(F)F)c(CC4CN(S(C)(=O)=O)C4)cc3C2)c1N. The lowest BCUT2D eigenvalue weighted by molar-refractivity contribution is 0.0810. The Balaban J connectivity index is 1.22. The number of alkyl halides is 2. The number of carbonyl (C=O) groups is 1. The number of benzene rings is 3. The van der Waals surface area contributed by atoms with Gasteiger partial charge in [-0.05, 0) is 71.9 Å². The van der Waals surface area contributed by atoms with Crippen LogP contribution in [-0.2, 0) is 22.9 Å². The number of ether oxygens (including phenoxy) is 2. The monoisotopic (exact) mass is 670 g/mol. The zero-order valence-electron chi connectivity index (χ0n) is 25.3. The van der Waals surface area contributed by atoms with Crippen LogP contribution in [0.25, 0.3) is 11.8 Å². The van der Waals surface area contributed by atoms with Crippen LogP contribution in [0.2, 0.25) is 0 Å². The van der Waals surface area contributed by atoms with Crippen molar-refractivity contribution in [1.29, 1.82) is 0 Å². The van der Waals surface area contributed by atoms with Gasteiger partial charge in [0.25, 0.3) is 6.43 Å². The first-order valence-electron chi connectivity index (χ1n) is 14.6. The molecule has 2 aliphatic rings. The number of Topliss-reactive ketones (excluding diaryl/α,β-unsaturated/α-hetero) is 1. The quantitative estimate of drug-likeness (QED) is 0.160. The molecule has 0 unspecified atom stereocenters. The molecule has 2 heterocycles. The van der Waals surface area contributed by atoms with Gasteiger partial charge < -0.3 is 15.2 Å². The fraction of sp³-hybridized carbons (Fsp3) is 0.273. The Morgan fingerprint density at radius 2 is 1.83 bits per heavy atom. The van der Waals surface area contributed by atoms with Crippen molar-refractivity contribution in [2.45, 2.75) is 26.2 Å². The molecule has 0 bridgehead atoms. The number of carbonyl (C=O) groups excluding carboxylic acids is 1. The molecule has 1 saturated heterocycles. The molecule has 1 aliphatic carbocycles. The summed E-state index contributed by atoms with van der Waals surface area (Å²) in [5, 5.41) is 4.18. The highest BCUT2D eigenvalue weighted by Gasteiger charge is 2.34. The molecule has 0 atom stereocenters. The lowest BCUT2D eigenvalue weighted by Crippen LogP contribution is -2.50. The van der Waals surface area contributed by atoms with Crippen LogP contribution in [0.15, 0.2) is 60.3 Å². The Morgan fingerprint density at radius 1 is 1.09 bits per heavy atom. The number of allylic oxidation sites excluding steroid dienone is 1. The molecule has 14 heteroatoms. The largest absolute Gasteiger partial charge is 0.487 e. The minimum atomic E-state index is -3.31. The van der Waals surface area contributed by atoms with Gasteiger partial charge in [-0.3, -0.25) is 4.79 Å². The van der Waals surface area contributed by atoms with Crippen molar-refractivity contribution in [1.82, 2.24) is 14.1 Å². The summed E-state index contributed by atoms with van der Waals surface area (Å²) in [7, 11) is -3.31. The number of nitrogens with zero attached hydrogens (tertiary/aromatic N) is 3. The summed E-state index contributed by atoms with van der Waals surface area (Å²) in [6.07, 6.45) is 1.94. The molecule has 4 aromatic rings. The summed E-state index contributed by atoms with van der Waals surface area (Å²) in [4.78, 5) is 13.6. The summed E-state index contributed by atoms with van der Waals surface area (Å²) in [6, 6.07) is 11.7. The molecule has 0 radical (unpaired) electrons. The lowest BCUT2D eigenvalue weighted by atomic mass is 9.91. The molecular formula is C33H30F4N4O5S. The third-order valence-corrected chi connectivity index (χ3v) is 9.38. The predicted octanol–water partition coefficient (Wildman–Crippen LogP) is 5.73. The van der Waals surface area contributed by atoms with E-state index in [9.17, 15) is 26.4 Å². The lowest BCUT2D eigenvalue weighted by Gasteiger charge is -2.37. The number of aryl methyl sites for hydroxylation is 1. The van der Waals surface area contributed by atoms with Crippen LogP contribution in [0.1, 0.15) is 32.6 Å². The smallest absolute Gasteiger partial charge is 0.272 e. The Morgan fingerprint density at radius 3 is 2.51 bits per heavy atom. The molecule has 1 aliphatic heterocycles. The number of anilines is 1. The number of fused-ring (bicyclic) bond motifs is 1. The van der Waals surface area contributed by atoms with Crippen LogP contribution in [-0.4, -0.2) is 60.7 Å². The second-order valence-electron chi connectivity index (χ2n) is 11.6. The van der Waals surface area contributed by atoms with Gasteiger partial charge in [0.15, 0.2) is 23.2 Å². The second kappa shape index (κ2) is 12.5. The number of aromatic nitrogens is 2. The van der Waals surface area contributed by atoms with Gasteiger partial charge in [0.2, 0.25) is 10.0 Å². The maximum atomic E-state index is 15.4. The summed E-state index contributed by atoms with van der Waals surface area (Å²) in [5.74, 6) is -1.68. The molecule has 6 rings (SSSR count). The van der Waals surface area contributed by atoms with Crippen LogP contribution < -0.4 is 15.2 Å². The highest BCUT2D eigenvalue weighted by atomic mass is 32.2. The van der Waals surface area contributed by atoms with Crippen LogP contribution in [0.3, 0.4) is 0 Å². The number of hydrogen-bond acceptors (Lipinski definition) is 7. The number of ketones is 1. The van der Waals surface area contributed by atoms with Crippen molar-refractivity contribution >= 4 is 27.7 Å². The molecule has 3 aromatic carbocycles. The average molecular weight is 671 g/mol. The van der Waals surface area contributed by atoms with Gasteiger partial charge in [-0.15, -0.1) is 0 Å². The zero-order valence-corrected chi connectivity index (χ0v) is 26.2. The van der Waals surface area contributed by atoms with Gasteiger partial charge in [-0.1, -0.05) is 18.2 Å². The van der Waals surface area contributed by atoms with Crippen molar-refractivity contribution in [3.05, 3.63) is 99.8 Å². The van der Waals surface area contributed by atoms with Crippen LogP contribution in [0, 0.1) is 24.5 Å². The molecular weight excluding hydrogens is 640 g/mol. The maximum Gasteiger partial charge on any atom is 0.272 e. The molecule has 0 amide bonds. The minimum absolute atomic E-state index is 0.0120. The minimum Gasteiger partial charge on any atom is -0.487 e. The standard InChI is InChI=1S/C33H30F4N4O5S/c1-18-7-24(46-28-6-4-3-5-26(28)34)13-27(35)31(18)41-33(38)25(14-39-41)32(42)23-10-20-9-22(8-19-15-40(16-19)47(2,43)44)29(12-21(20)11-23)45-17-30(36)37/h3-7,9,11-14,19,30H,8,10,15-17,38H2,1-2H3. The number of halogens is 4. The van der Waals surface area contributed by atoms with Crippen LogP contribution in [0.4, 0.5) is 23.4 Å². The second-order valence-corrected chi connectivity index (χ2v) is 13.6. The molecule has 1 fully saturated rings. The first kappa shape index (κ1) is 32.3. The number of hydrogen-bond donors (Lipinski definition) is 1. The fourth-order valence-corrected chi connectivity index (χ4v) is 6.78. The van der Waals surface area contributed by atoms with E-state index >= 15 is 4.39 Å². The predicted molar refractivity (Wildman–Crippen MR) is 167 cm³/mol. The van der Waals surface area contributed by atoms with E-state index in [1.165, 1.54) is 34.8 Å². The molecule has 0 saturated carbocycles. The number of rotatable bonds is 11. The summed E-state index contributed by atoms with van der Waals surface area (Å²) >= 11 is 0. The van der Waals surface area contributed by atoms with E-state index in [0.717, 1.165) is 22.6 Å². The fourth-order valence-electron chi connectivity index (χ4n) is 5.82. The van der Waals surface area contributed by atoms with E-state index < -0.39 is 40.5 Å². The molecule has 1 aromatic heterocycles. The van der Waals surface area contributed by atoms with Gasteiger partial charge >= 0.3 is 0 Å². The third kappa shape index (κ3) is 6.60. The van der Waals surface area contributed by atoms with E-state index in [1.54, 1.807) is 31.2 Å². The Labute approximate surface area is 268 Å². The van der Waals surface area contributed by atoms with E-state index in [-0.39, 0.29) is 46.7 Å². The van der Waals surface area contributed by atoms with E-state index in [2.05, 4.69) is 5.10 Å². The van der Waals surface area contributed by atoms with Crippen molar-refractivity contribution in [2.24, 2.45) is 5.92 Å². The Kier molecular flexibility index (Phi) is 8.57. The van der Waals surface area contributed by atoms with Gasteiger partial charge in [-0.25, -0.2) is 35.0 Å². The van der Waals surface area contributed by atoms with Gasteiger partial charge in [-0.2, -0.15) is 5.10 Å². The molecule has 246 valence electrons. The van der Waals surface area contributed by atoms with E-state index in [4.69, 9.17) is 15.2 Å². The van der Waals surface area contributed by atoms with Crippen molar-refractivity contribution < 1.29 is 40.2 Å². The topological polar surface area (TPSA) is 117 Å². The van der Waals surface area contributed by atoms with E-state index in [1.807, 2.05) is 0 Å². The number of nitrogen functional groups attached to an aromatic ring is 1. The summed E-state index contributed by atoms with van der Waals surface area (Å²) < 4.78 is 92.4. The number of sulfonamides is 1. The van der Waals surface area contributed by atoms with Gasteiger partial charge in [0.05, 0.1) is 18.0 Å². The summed E-state index contributed by atoms with van der Waals surface area (Å²) in [5.41, 5.74) is 9.12. The highest BCUT2D eigenvalue weighted by molar-refractivity contribution is 7.88. The zero-order chi connectivity index (χ0) is 33.6. The molecule has 2 N–H and O–H groups in total. The number of nitrogens with two attached hydrogens (primary N) is 1. The van der Waals surface area contributed by atoms with Gasteiger partial charge in [0, 0.05) is 31.1 Å². The number of para-hydroxylation sites is 1. The highest BCUT2D eigenvalue weighted by Crippen LogP contribution is 2.37. The first-order chi connectivity index (χ1) is 22.3. The van der Waals surface area contributed by atoms with Crippen molar-refractivity contribution in [2.75, 3.05) is 31.7 Å². The third-order valence-electron chi connectivity index (χ3n) is 8.15. The molecule has 47 heavy (non-hydrogen) atoms. The Bertz CT molecular complexity index is 2000. The van der Waals surface area contributed by atoms with Crippen molar-refractivity contribution in [3.63, 3.8) is 0 Å². The van der Waals surface area contributed by atoms with E-state index in [0.29, 0.717) is 41.8 Å². The molecule has 0 spiro atoms. The van der Waals surface area contributed by atoms with Crippen molar-refractivity contribution in [3.8, 4) is 22.9 Å². The van der Waals surface area contributed by atoms with Gasteiger partial charge in [0.1, 0.15) is 29.6 Å². The normalized spacial score (nSPS) is 15.0. The van der Waals surface area contributed by atoms with Crippen LogP contribution >= 0.6 is 0 Å². The Hall–Kier alpha value is -4.69. The molecule has 9 nitrogen and oxygen atoms in total. The van der Waals surface area contributed by atoms with Crippen LogP contribution in [0.5, 0.6) is 17.2 Å². The average Bonchev–Trinajstić information content (AvgIpc) is 3.56. The summed E-state index contributed by atoms with van der Waals surface area (Å²) in [6.45, 7) is 1.41.